The van der Waals surface area contributed by atoms with Gasteiger partial charge >= 0.3 is 0 Å². The van der Waals surface area contributed by atoms with Crippen LogP contribution in [-0.2, 0) is 4.79 Å². The predicted octanol–water partition coefficient (Wildman–Crippen LogP) is 2.93. The summed E-state index contributed by atoms with van der Waals surface area (Å²) in [5, 5.41) is 0. The predicted molar refractivity (Wildman–Crippen MR) is 100 cm³/mol. The van der Waals surface area contributed by atoms with Crippen molar-refractivity contribution in [2.45, 2.75) is 20.3 Å². The van der Waals surface area contributed by atoms with Crippen molar-refractivity contribution in [1.82, 2.24) is 4.90 Å². The van der Waals surface area contributed by atoms with Crippen molar-refractivity contribution < 1.29 is 18.7 Å². The molecule has 6 nitrogen and oxygen atoms in total. The normalized spacial score (nSPS) is 25.6. The van der Waals surface area contributed by atoms with Gasteiger partial charge in [-0.25, -0.2) is 0 Å². The summed E-state index contributed by atoms with van der Waals surface area (Å²) in [5.41, 5.74) is 5.98. The van der Waals surface area contributed by atoms with E-state index in [2.05, 4.69) is 13.8 Å². The van der Waals surface area contributed by atoms with Gasteiger partial charge < -0.3 is 19.8 Å². The Labute approximate surface area is 158 Å². The van der Waals surface area contributed by atoms with E-state index in [0.29, 0.717) is 18.8 Å². The smallest absolute Gasteiger partial charge is 0.289 e. The van der Waals surface area contributed by atoms with Gasteiger partial charge in [0.25, 0.3) is 5.91 Å². The number of carbonyl (C=O) groups is 2. The van der Waals surface area contributed by atoms with Crippen LogP contribution in [0.25, 0.3) is 11.3 Å². The van der Waals surface area contributed by atoms with Crippen LogP contribution >= 0.6 is 0 Å². The molecule has 1 aliphatic carbocycles. The Hall–Kier alpha value is -2.76. The molecule has 1 saturated heterocycles. The number of methoxy groups -OCH3 is 1. The van der Waals surface area contributed by atoms with Gasteiger partial charge in [-0.2, -0.15) is 0 Å². The zero-order valence-electron chi connectivity index (χ0n) is 15.8. The van der Waals surface area contributed by atoms with E-state index in [-0.39, 0.29) is 28.9 Å². The maximum absolute atomic E-state index is 12.9. The van der Waals surface area contributed by atoms with Crippen molar-refractivity contribution in [2.24, 2.45) is 22.5 Å². The van der Waals surface area contributed by atoms with Crippen molar-refractivity contribution >= 4 is 11.8 Å². The van der Waals surface area contributed by atoms with Crippen LogP contribution in [-0.4, -0.2) is 36.9 Å². The molecule has 2 aliphatic rings. The molecule has 2 heterocycles. The van der Waals surface area contributed by atoms with Gasteiger partial charge in [0.05, 0.1) is 12.5 Å². The summed E-state index contributed by atoms with van der Waals surface area (Å²) >= 11 is 0. The molecule has 0 unspecified atom stereocenters. The van der Waals surface area contributed by atoms with Crippen molar-refractivity contribution in [3.05, 3.63) is 42.2 Å². The summed E-state index contributed by atoms with van der Waals surface area (Å²) in [5.74, 6) is 1.25. The van der Waals surface area contributed by atoms with Crippen LogP contribution in [0.2, 0.25) is 0 Å². The number of ether oxygens (including phenoxy) is 1. The number of likely N-dealkylation sites (tertiary alicyclic amines) is 1. The van der Waals surface area contributed by atoms with Gasteiger partial charge in [-0.3, -0.25) is 9.59 Å². The quantitative estimate of drug-likeness (QED) is 0.899. The number of carbonyl (C=O) groups excluding carboxylic acids is 2. The summed E-state index contributed by atoms with van der Waals surface area (Å²) in [4.78, 5) is 26.7. The Balaban J connectivity index is 1.54. The lowest BCUT2D eigenvalue weighted by Crippen LogP contribution is -2.59. The van der Waals surface area contributed by atoms with E-state index in [4.69, 9.17) is 14.9 Å². The second-order valence-electron chi connectivity index (χ2n) is 8.32. The Morgan fingerprint density at radius 1 is 1.19 bits per heavy atom. The molecule has 1 aliphatic heterocycles. The fourth-order valence-corrected chi connectivity index (χ4v) is 4.90. The molecule has 1 aromatic heterocycles. The molecule has 2 fully saturated rings. The monoisotopic (exact) mass is 368 g/mol. The highest BCUT2D eigenvalue weighted by Crippen LogP contribution is 2.62. The SMILES string of the molecule is COc1ccc(-c2ccc(C(=O)N3C[C@@H]4C(C)(C)C[C@]4(C(N)=O)C3)o2)cc1. The minimum atomic E-state index is -0.593. The average Bonchev–Trinajstić information content (AvgIpc) is 3.25. The molecule has 4 rings (SSSR count). The van der Waals surface area contributed by atoms with Crippen molar-refractivity contribution in [2.75, 3.05) is 20.2 Å². The zero-order chi connectivity index (χ0) is 19.4. The van der Waals surface area contributed by atoms with E-state index in [1.807, 2.05) is 24.3 Å². The summed E-state index contributed by atoms with van der Waals surface area (Å²) in [6, 6.07) is 10.9. The van der Waals surface area contributed by atoms with Crippen LogP contribution in [0.3, 0.4) is 0 Å². The molecule has 0 spiro atoms. The number of nitrogens with zero attached hydrogens (tertiary/aromatic N) is 1. The van der Waals surface area contributed by atoms with Crippen molar-refractivity contribution in [3.8, 4) is 17.1 Å². The number of hydrogen-bond acceptors (Lipinski definition) is 4. The van der Waals surface area contributed by atoms with Gasteiger partial charge in [0.1, 0.15) is 11.5 Å². The number of primary amides is 1. The number of fused-ring (bicyclic) bond motifs is 1. The van der Waals surface area contributed by atoms with Crippen LogP contribution in [0, 0.1) is 16.7 Å². The number of hydrogen-bond donors (Lipinski definition) is 1. The number of rotatable bonds is 4. The van der Waals surface area contributed by atoms with E-state index in [1.165, 1.54) is 0 Å². The first kappa shape index (κ1) is 17.6. The fourth-order valence-electron chi connectivity index (χ4n) is 4.90. The lowest BCUT2D eigenvalue weighted by atomic mass is 9.48. The van der Waals surface area contributed by atoms with Gasteiger partial charge in [-0.05, 0) is 54.2 Å². The molecule has 0 bridgehead atoms. The Morgan fingerprint density at radius 2 is 1.89 bits per heavy atom. The first-order chi connectivity index (χ1) is 12.8. The fraction of sp³-hybridized carbons (Fsp3) is 0.429. The summed E-state index contributed by atoms with van der Waals surface area (Å²) in [6.45, 7) is 5.16. The summed E-state index contributed by atoms with van der Waals surface area (Å²) in [7, 11) is 1.61. The average molecular weight is 368 g/mol. The minimum absolute atomic E-state index is 0.0154. The Morgan fingerprint density at radius 3 is 2.44 bits per heavy atom. The zero-order valence-corrected chi connectivity index (χ0v) is 15.8. The Kier molecular flexibility index (Phi) is 3.84. The summed E-state index contributed by atoms with van der Waals surface area (Å²) < 4.78 is 11.0. The third kappa shape index (κ3) is 2.62. The second-order valence-corrected chi connectivity index (χ2v) is 8.32. The molecule has 27 heavy (non-hydrogen) atoms. The largest absolute Gasteiger partial charge is 0.497 e. The van der Waals surface area contributed by atoms with Gasteiger partial charge in [0.2, 0.25) is 5.91 Å². The third-order valence-electron chi connectivity index (χ3n) is 6.23. The van der Waals surface area contributed by atoms with Crippen LogP contribution < -0.4 is 10.5 Å². The van der Waals surface area contributed by atoms with Gasteiger partial charge in [-0.15, -0.1) is 0 Å². The molecule has 2 N–H and O–H groups in total. The minimum Gasteiger partial charge on any atom is -0.497 e. The summed E-state index contributed by atoms with van der Waals surface area (Å²) in [6.07, 6.45) is 0.721. The van der Waals surface area contributed by atoms with E-state index >= 15 is 0 Å². The second kappa shape index (κ2) is 5.87. The lowest BCUT2D eigenvalue weighted by Gasteiger charge is -2.54. The topological polar surface area (TPSA) is 85.8 Å². The first-order valence-electron chi connectivity index (χ1n) is 9.10. The molecular weight excluding hydrogens is 344 g/mol. The molecule has 2 amide bonds. The van der Waals surface area contributed by atoms with Crippen LogP contribution in [0.1, 0.15) is 30.8 Å². The maximum Gasteiger partial charge on any atom is 0.289 e. The number of furan rings is 1. The van der Waals surface area contributed by atoms with E-state index in [1.54, 1.807) is 24.1 Å². The standard InChI is InChI=1S/C21H24N2O4/c1-20(2)11-21(19(22)25)12-23(10-17(20)21)18(24)16-9-8-15(27-16)13-4-6-14(26-3)7-5-13/h4-9,17H,10-12H2,1-3H3,(H2,22,25)/t17-,21+/m1/s1. The van der Waals surface area contributed by atoms with Gasteiger partial charge in [0, 0.05) is 18.7 Å². The molecule has 1 saturated carbocycles. The van der Waals surface area contributed by atoms with Gasteiger partial charge in [-0.1, -0.05) is 13.8 Å². The number of amides is 2. The van der Waals surface area contributed by atoms with E-state index in [0.717, 1.165) is 17.7 Å². The Bertz CT molecular complexity index is 899. The number of nitrogens with two attached hydrogens (primary N) is 1. The lowest BCUT2D eigenvalue weighted by molar-refractivity contribution is -0.148. The highest BCUT2D eigenvalue weighted by molar-refractivity contribution is 5.94. The van der Waals surface area contributed by atoms with Gasteiger partial charge in [0.15, 0.2) is 5.76 Å². The molecule has 1 aromatic carbocycles. The van der Waals surface area contributed by atoms with Crippen LogP contribution in [0.15, 0.2) is 40.8 Å². The molecule has 6 heteroatoms. The van der Waals surface area contributed by atoms with Crippen LogP contribution in [0.5, 0.6) is 5.75 Å². The van der Waals surface area contributed by atoms with Crippen molar-refractivity contribution in [1.29, 1.82) is 0 Å². The molecule has 2 aromatic rings. The molecule has 142 valence electrons. The van der Waals surface area contributed by atoms with E-state index in [9.17, 15) is 9.59 Å². The number of benzene rings is 1. The van der Waals surface area contributed by atoms with Crippen LogP contribution in [0.4, 0.5) is 0 Å². The molecular formula is C21H24N2O4. The highest BCUT2D eigenvalue weighted by Gasteiger charge is 2.66. The van der Waals surface area contributed by atoms with Crippen molar-refractivity contribution in [3.63, 3.8) is 0 Å². The molecule has 0 radical (unpaired) electrons. The highest BCUT2D eigenvalue weighted by atomic mass is 16.5. The molecule has 2 atom stereocenters. The first-order valence-corrected chi connectivity index (χ1v) is 9.10. The van der Waals surface area contributed by atoms with E-state index < -0.39 is 5.41 Å². The third-order valence-corrected chi connectivity index (χ3v) is 6.23. The maximum atomic E-state index is 12.9.